The van der Waals surface area contributed by atoms with Crippen LogP contribution in [-0.2, 0) is 5.41 Å². The lowest BCUT2D eigenvalue weighted by Crippen LogP contribution is -2.20. The first-order valence-electron chi connectivity index (χ1n) is 5.84. The highest BCUT2D eigenvalue weighted by Gasteiger charge is 2.18. The Balaban J connectivity index is 2.66. The van der Waals surface area contributed by atoms with Gasteiger partial charge < -0.3 is 4.98 Å². The lowest BCUT2D eigenvalue weighted by Gasteiger charge is -2.18. The summed E-state index contributed by atoms with van der Waals surface area (Å²) in [6, 6.07) is 6.57. The largest absolute Gasteiger partial charge is 0.306 e. The molecule has 100 valence electrons. The van der Waals surface area contributed by atoms with Gasteiger partial charge in [-0.25, -0.2) is 4.98 Å². The van der Waals surface area contributed by atoms with Crippen molar-refractivity contribution in [2.24, 2.45) is 0 Å². The molecule has 1 N–H and O–H groups in total. The molecule has 0 saturated heterocycles. The molecule has 0 saturated carbocycles. The van der Waals surface area contributed by atoms with Gasteiger partial charge in [-0.1, -0.05) is 44.0 Å². The Morgan fingerprint density at radius 2 is 1.84 bits per heavy atom. The lowest BCUT2D eigenvalue weighted by atomic mass is 9.92. The lowest BCUT2D eigenvalue weighted by molar-refractivity contribution is 0.566. The van der Waals surface area contributed by atoms with E-state index in [1.54, 1.807) is 18.2 Å². The molecule has 2 rings (SSSR count). The first-order chi connectivity index (χ1) is 8.77. The van der Waals surface area contributed by atoms with Crippen molar-refractivity contribution in [1.29, 1.82) is 0 Å². The topological polar surface area (TPSA) is 45.8 Å². The number of rotatable bonds is 1. The van der Waals surface area contributed by atoms with Crippen LogP contribution in [0.2, 0.25) is 10.0 Å². The van der Waals surface area contributed by atoms with Crippen LogP contribution >= 0.6 is 23.2 Å². The molecule has 0 spiro atoms. The Hall–Kier alpha value is -1.32. The molecule has 0 amide bonds. The summed E-state index contributed by atoms with van der Waals surface area (Å²) in [5, 5.41) is 1.04. The van der Waals surface area contributed by atoms with Gasteiger partial charge in [-0.3, -0.25) is 4.79 Å². The van der Waals surface area contributed by atoms with Gasteiger partial charge in [0, 0.05) is 22.1 Å². The number of halogens is 2. The number of nitrogens with one attached hydrogen (secondary N) is 1. The second-order valence-corrected chi connectivity index (χ2v) is 6.20. The van der Waals surface area contributed by atoms with E-state index in [1.807, 2.05) is 20.8 Å². The number of benzene rings is 1. The fourth-order valence-electron chi connectivity index (χ4n) is 1.65. The molecule has 19 heavy (non-hydrogen) atoms. The van der Waals surface area contributed by atoms with Crippen molar-refractivity contribution in [3.05, 3.63) is 50.4 Å². The Kier molecular flexibility index (Phi) is 3.70. The Morgan fingerprint density at radius 3 is 2.47 bits per heavy atom. The van der Waals surface area contributed by atoms with E-state index in [1.165, 1.54) is 6.07 Å². The van der Waals surface area contributed by atoms with Crippen molar-refractivity contribution in [2.75, 3.05) is 0 Å². The molecule has 2 aromatic rings. The molecule has 0 aliphatic rings. The number of aromatic nitrogens is 2. The highest BCUT2D eigenvalue weighted by atomic mass is 35.5. The number of H-pyrrole nitrogens is 1. The minimum atomic E-state index is -0.214. The van der Waals surface area contributed by atoms with Crippen LogP contribution in [0.25, 0.3) is 11.4 Å². The Morgan fingerprint density at radius 1 is 1.16 bits per heavy atom. The maximum absolute atomic E-state index is 11.8. The van der Waals surface area contributed by atoms with E-state index in [0.29, 0.717) is 27.1 Å². The predicted octanol–water partition coefficient (Wildman–Crippen LogP) is 4.04. The smallest absolute Gasteiger partial charge is 0.251 e. The van der Waals surface area contributed by atoms with Crippen LogP contribution in [0.5, 0.6) is 0 Å². The first-order valence-corrected chi connectivity index (χ1v) is 6.60. The van der Waals surface area contributed by atoms with Gasteiger partial charge in [0.2, 0.25) is 0 Å². The SMILES string of the molecule is CC(C)(C)c1cc(=O)[nH]c(-c2cc(Cl)ccc2Cl)n1. The fourth-order valence-corrected chi connectivity index (χ4v) is 2.03. The summed E-state index contributed by atoms with van der Waals surface area (Å²) in [4.78, 5) is 18.9. The molecule has 3 nitrogen and oxygen atoms in total. The van der Waals surface area contributed by atoms with Crippen molar-refractivity contribution in [2.45, 2.75) is 26.2 Å². The van der Waals surface area contributed by atoms with Crippen molar-refractivity contribution < 1.29 is 0 Å². The highest BCUT2D eigenvalue weighted by molar-refractivity contribution is 6.35. The van der Waals surface area contributed by atoms with E-state index in [-0.39, 0.29) is 11.0 Å². The van der Waals surface area contributed by atoms with Gasteiger partial charge in [0.25, 0.3) is 5.56 Å². The van der Waals surface area contributed by atoms with Crippen LogP contribution < -0.4 is 5.56 Å². The van der Waals surface area contributed by atoms with Crippen LogP contribution in [0.4, 0.5) is 0 Å². The summed E-state index contributed by atoms with van der Waals surface area (Å²) in [5.41, 5.74) is 0.916. The highest BCUT2D eigenvalue weighted by Crippen LogP contribution is 2.29. The fraction of sp³-hybridized carbons (Fsp3) is 0.286. The van der Waals surface area contributed by atoms with E-state index in [2.05, 4.69) is 9.97 Å². The molecule has 0 aliphatic heterocycles. The third-order valence-corrected chi connectivity index (χ3v) is 3.26. The Labute approximate surface area is 121 Å². The number of nitrogens with zero attached hydrogens (tertiary/aromatic N) is 1. The van der Waals surface area contributed by atoms with Gasteiger partial charge >= 0.3 is 0 Å². The normalized spacial score (nSPS) is 11.6. The van der Waals surface area contributed by atoms with Crippen LogP contribution in [0.1, 0.15) is 26.5 Å². The minimum absolute atomic E-state index is 0.203. The van der Waals surface area contributed by atoms with Crippen molar-refractivity contribution in [3.8, 4) is 11.4 Å². The molecule has 0 aliphatic carbocycles. The molecular weight excluding hydrogens is 283 g/mol. The van der Waals surface area contributed by atoms with Crippen LogP contribution in [0.15, 0.2) is 29.1 Å². The van der Waals surface area contributed by atoms with Gasteiger partial charge in [0.1, 0.15) is 5.82 Å². The second-order valence-electron chi connectivity index (χ2n) is 5.35. The van der Waals surface area contributed by atoms with E-state index >= 15 is 0 Å². The average Bonchev–Trinajstić information content (AvgIpc) is 2.30. The van der Waals surface area contributed by atoms with Gasteiger partial charge in [-0.05, 0) is 18.2 Å². The summed E-state index contributed by atoms with van der Waals surface area (Å²) < 4.78 is 0. The van der Waals surface area contributed by atoms with Crippen molar-refractivity contribution in [3.63, 3.8) is 0 Å². The zero-order chi connectivity index (χ0) is 14.2. The summed E-state index contributed by atoms with van der Waals surface area (Å²) in [5.74, 6) is 0.435. The number of hydrogen-bond acceptors (Lipinski definition) is 2. The Bertz CT molecular complexity index is 672. The van der Waals surface area contributed by atoms with Gasteiger partial charge in [0.15, 0.2) is 0 Å². The summed E-state index contributed by atoms with van der Waals surface area (Å²) in [6.07, 6.45) is 0. The average molecular weight is 297 g/mol. The third-order valence-electron chi connectivity index (χ3n) is 2.69. The zero-order valence-electron chi connectivity index (χ0n) is 10.9. The van der Waals surface area contributed by atoms with Crippen molar-refractivity contribution in [1.82, 2.24) is 9.97 Å². The van der Waals surface area contributed by atoms with E-state index in [0.717, 1.165) is 0 Å². The van der Waals surface area contributed by atoms with Crippen LogP contribution in [-0.4, -0.2) is 9.97 Å². The molecule has 5 heteroatoms. The van der Waals surface area contributed by atoms with Gasteiger partial charge in [-0.2, -0.15) is 0 Å². The molecular formula is C14H14Cl2N2O. The van der Waals surface area contributed by atoms with Crippen molar-refractivity contribution >= 4 is 23.2 Å². The molecule has 0 atom stereocenters. The first kappa shape index (κ1) is 14.1. The molecule has 1 heterocycles. The molecule has 0 unspecified atom stereocenters. The minimum Gasteiger partial charge on any atom is -0.306 e. The van der Waals surface area contributed by atoms with Crippen LogP contribution in [0.3, 0.4) is 0 Å². The molecule has 0 bridgehead atoms. The quantitative estimate of drug-likeness (QED) is 0.863. The van der Waals surface area contributed by atoms with E-state index in [4.69, 9.17) is 23.2 Å². The standard InChI is InChI=1S/C14H14Cl2N2O/c1-14(2,3)11-7-12(19)18-13(17-11)9-6-8(15)4-5-10(9)16/h4-7H,1-3H3,(H,17,18,19). The van der Waals surface area contributed by atoms with E-state index < -0.39 is 0 Å². The molecule has 1 aromatic carbocycles. The number of aromatic amines is 1. The number of hydrogen-bond donors (Lipinski definition) is 1. The maximum atomic E-state index is 11.8. The molecule has 0 fully saturated rings. The van der Waals surface area contributed by atoms with Gasteiger partial charge in [0.05, 0.1) is 10.7 Å². The molecule has 1 aromatic heterocycles. The van der Waals surface area contributed by atoms with Gasteiger partial charge in [-0.15, -0.1) is 0 Å². The maximum Gasteiger partial charge on any atom is 0.251 e. The molecule has 0 radical (unpaired) electrons. The summed E-state index contributed by atoms with van der Waals surface area (Å²) >= 11 is 12.1. The zero-order valence-corrected chi connectivity index (χ0v) is 12.4. The summed E-state index contributed by atoms with van der Waals surface area (Å²) in [7, 11) is 0. The second kappa shape index (κ2) is 4.99. The third kappa shape index (κ3) is 3.17. The summed E-state index contributed by atoms with van der Waals surface area (Å²) in [6.45, 7) is 5.99. The monoisotopic (exact) mass is 296 g/mol. The predicted molar refractivity (Wildman–Crippen MR) is 79.0 cm³/mol. The van der Waals surface area contributed by atoms with E-state index in [9.17, 15) is 4.79 Å². The van der Waals surface area contributed by atoms with Crippen LogP contribution in [0, 0.1) is 0 Å².